The second kappa shape index (κ2) is 7.38. The summed E-state index contributed by atoms with van der Waals surface area (Å²) in [4.78, 5) is 32.6. The van der Waals surface area contributed by atoms with Crippen molar-refractivity contribution in [2.24, 2.45) is 0 Å². The van der Waals surface area contributed by atoms with Crippen LogP contribution in [-0.2, 0) is 4.79 Å². The van der Waals surface area contributed by atoms with Crippen LogP contribution in [0.2, 0.25) is 0 Å². The Morgan fingerprint density at radius 1 is 1.35 bits per heavy atom. The van der Waals surface area contributed by atoms with Gasteiger partial charge in [0.25, 0.3) is 5.69 Å². The summed E-state index contributed by atoms with van der Waals surface area (Å²) in [7, 11) is 0. The zero-order chi connectivity index (χ0) is 15.0. The van der Waals surface area contributed by atoms with Gasteiger partial charge in [-0.05, 0) is 6.07 Å². The predicted molar refractivity (Wildman–Crippen MR) is 72.0 cm³/mol. The highest BCUT2D eigenvalue weighted by Crippen LogP contribution is 2.16. The van der Waals surface area contributed by atoms with Crippen LogP contribution >= 0.6 is 0 Å². The van der Waals surface area contributed by atoms with Crippen molar-refractivity contribution in [3.8, 4) is 12.3 Å². The molecule has 0 atom stereocenters. The van der Waals surface area contributed by atoms with Crippen molar-refractivity contribution in [1.29, 1.82) is 0 Å². The van der Waals surface area contributed by atoms with E-state index < -0.39 is 16.9 Å². The maximum atomic E-state index is 11.5. The lowest BCUT2D eigenvalue weighted by molar-refractivity contribution is -0.384. The van der Waals surface area contributed by atoms with Crippen molar-refractivity contribution in [1.82, 2.24) is 10.6 Å². The summed E-state index contributed by atoms with van der Waals surface area (Å²) in [6.07, 6.45) is 4.95. The molecule has 1 aromatic carbocycles. The van der Waals surface area contributed by atoms with Crippen molar-refractivity contribution < 1.29 is 14.5 Å². The number of amides is 3. The molecule has 0 aromatic heterocycles. The van der Waals surface area contributed by atoms with E-state index in [2.05, 4.69) is 21.9 Å². The molecular weight excluding hydrogens is 264 g/mol. The van der Waals surface area contributed by atoms with Crippen molar-refractivity contribution >= 4 is 23.3 Å². The van der Waals surface area contributed by atoms with Crippen LogP contribution in [0.3, 0.4) is 0 Å². The monoisotopic (exact) mass is 276 g/mol. The number of carbonyl (C=O) groups excluding carboxylic acids is 2. The molecule has 1 rings (SSSR count). The summed E-state index contributed by atoms with van der Waals surface area (Å²) in [5.41, 5.74) is 0.107. The highest BCUT2D eigenvalue weighted by Gasteiger charge is 2.08. The average Bonchev–Trinajstić information content (AvgIpc) is 2.43. The molecule has 1 aromatic rings. The van der Waals surface area contributed by atoms with Crippen LogP contribution in [0.15, 0.2) is 24.3 Å². The standard InChI is InChI=1S/C12H12N4O4/c1-2-6-13-11(17)8-14-12(18)15-9-4-3-5-10(7-9)16(19)20/h1,3-5,7H,6,8H2,(H,13,17)(H2,14,15,18). The quantitative estimate of drug-likeness (QED) is 0.412. The number of rotatable bonds is 5. The molecule has 0 bridgehead atoms. The molecule has 0 saturated heterocycles. The normalized spacial score (nSPS) is 9.15. The van der Waals surface area contributed by atoms with Gasteiger partial charge in [-0.25, -0.2) is 4.79 Å². The minimum Gasteiger partial charge on any atom is -0.344 e. The number of nitro groups is 1. The number of anilines is 1. The van der Waals surface area contributed by atoms with E-state index in [0.29, 0.717) is 0 Å². The zero-order valence-corrected chi connectivity index (χ0v) is 10.4. The van der Waals surface area contributed by atoms with E-state index >= 15 is 0 Å². The molecule has 104 valence electrons. The number of hydrogen-bond donors (Lipinski definition) is 3. The van der Waals surface area contributed by atoms with Crippen LogP contribution in [0.5, 0.6) is 0 Å². The fraction of sp³-hybridized carbons (Fsp3) is 0.167. The maximum absolute atomic E-state index is 11.5. The van der Waals surface area contributed by atoms with E-state index in [1.54, 1.807) is 0 Å². The third-order valence-corrected chi connectivity index (χ3v) is 2.11. The second-order valence-corrected chi connectivity index (χ2v) is 3.60. The molecule has 0 fully saturated rings. The van der Waals surface area contributed by atoms with Gasteiger partial charge in [0.1, 0.15) is 0 Å². The summed E-state index contributed by atoms with van der Waals surface area (Å²) >= 11 is 0. The molecular formula is C12H12N4O4. The number of nitrogens with one attached hydrogen (secondary N) is 3. The lowest BCUT2D eigenvalue weighted by Crippen LogP contribution is -2.39. The Bertz CT molecular complexity index is 565. The number of benzene rings is 1. The summed E-state index contributed by atoms with van der Waals surface area (Å²) in [6.45, 7) is -0.171. The lowest BCUT2D eigenvalue weighted by atomic mass is 10.3. The molecule has 0 aliphatic heterocycles. The third-order valence-electron chi connectivity index (χ3n) is 2.11. The smallest absolute Gasteiger partial charge is 0.319 e. The van der Waals surface area contributed by atoms with Gasteiger partial charge in [0.2, 0.25) is 5.91 Å². The fourth-order valence-corrected chi connectivity index (χ4v) is 1.25. The van der Waals surface area contributed by atoms with Gasteiger partial charge in [-0.1, -0.05) is 12.0 Å². The Balaban J connectivity index is 2.47. The fourth-order valence-electron chi connectivity index (χ4n) is 1.25. The Morgan fingerprint density at radius 3 is 2.75 bits per heavy atom. The highest BCUT2D eigenvalue weighted by atomic mass is 16.6. The Morgan fingerprint density at radius 2 is 2.10 bits per heavy atom. The number of nitrogens with zero attached hydrogens (tertiary/aromatic N) is 1. The molecule has 8 heteroatoms. The van der Waals surface area contributed by atoms with Crippen LogP contribution in [0.25, 0.3) is 0 Å². The number of terminal acetylenes is 1. The van der Waals surface area contributed by atoms with Gasteiger partial charge in [0.15, 0.2) is 0 Å². The maximum Gasteiger partial charge on any atom is 0.319 e. The van der Waals surface area contributed by atoms with Gasteiger partial charge in [0, 0.05) is 17.8 Å². The summed E-state index contributed by atoms with van der Waals surface area (Å²) < 4.78 is 0. The molecule has 0 spiro atoms. The first-order valence-electron chi connectivity index (χ1n) is 5.52. The third kappa shape index (κ3) is 5.05. The van der Waals surface area contributed by atoms with E-state index in [4.69, 9.17) is 6.42 Å². The van der Waals surface area contributed by atoms with Gasteiger partial charge in [-0.2, -0.15) is 0 Å². The summed E-state index contributed by atoms with van der Waals surface area (Å²) in [6, 6.07) is 4.79. The van der Waals surface area contributed by atoms with Crippen LogP contribution < -0.4 is 16.0 Å². The van der Waals surface area contributed by atoms with Crippen LogP contribution in [0.1, 0.15) is 0 Å². The first-order valence-corrected chi connectivity index (χ1v) is 5.52. The van der Waals surface area contributed by atoms with E-state index in [1.165, 1.54) is 24.3 Å². The van der Waals surface area contributed by atoms with E-state index in [9.17, 15) is 19.7 Å². The first-order chi connectivity index (χ1) is 9.52. The molecule has 0 aliphatic carbocycles. The van der Waals surface area contributed by atoms with Crippen molar-refractivity contribution in [3.05, 3.63) is 34.4 Å². The number of hydrogen-bond acceptors (Lipinski definition) is 4. The molecule has 0 radical (unpaired) electrons. The minimum atomic E-state index is -0.652. The van der Waals surface area contributed by atoms with Crippen molar-refractivity contribution in [3.63, 3.8) is 0 Å². The average molecular weight is 276 g/mol. The topological polar surface area (TPSA) is 113 Å². The molecule has 0 saturated carbocycles. The van der Waals surface area contributed by atoms with E-state index in [-0.39, 0.29) is 24.5 Å². The largest absolute Gasteiger partial charge is 0.344 e. The minimum absolute atomic E-state index is 0.0764. The Labute approximate surface area is 114 Å². The van der Waals surface area contributed by atoms with Crippen LogP contribution in [-0.4, -0.2) is 30.0 Å². The lowest BCUT2D eigenvalue weighted by Gasteiger charge is -2.07. The van der Waals surface area contributed by atoms with Crippen LogP contribution in [0.4, 0.5) is 16.2 Å². The molecule has 8 nitrogen and oxygen atoms in total. The number of urea groups is 1. The van der Waals surface area contributed by atoms with E-state index in [1.807, 2.05) is 0 Å². The number of carbonyl (C=O) groups is 2. The van der Waals surface area contributed by atoms with Gasteiger partial charge in [-0.3, -0.25) is 14.9 Å². The van der Waals surface area contributed by atoms with Crippen molar-refractivity contribution in [2.45, 2.75) is 0 Å². The van der Waals surface area contributed by atoms with Crippen LogP contribution in [0, 0.1) is 22.5 Å². The molecule has 20 heavy (non-hydrogen) atoms. The molecule has 0 heterocycles. The van der Waals surface area contributed by atoms with Gasteiger partial charge in [-0.15, -0.1) is 6.42 Å². The number of nitro benzene ring substituents is 1. The first kappa shape index (κ1) is 15.0. The highest BCUT2D eigenvalue weighted by molar-refractivity contribution is 5.92. The summed E-state index contributed by atoms with van der Waals surface area (Å²) in [5, 5.41) is 17.6. The summed E-state index contributed by atoms with van der Waals surface area (Å²) in [5.74, 6) is 1.79. The van der Waals surface area contributed by atoms with E-state index in [0.717, 1.165) is 0 Å². The predicted octanol–water partition coefficient (Wildman–Crippen LogP) is 0.466. The van der Waals surface area contributed by atoms with Gasteiger partial charge < -0.3 is 16.0 Å². The molecule has 0 unspecified atom stereocenters. The Kier molecular flexibility index (Phi) is 5.52. The van der Waals surface area contributed by atoms with Gasteiger partial charge in [0.05, 0.1) is 18.0 Å². The second-order valence-electron chi connectivity index (χ2n) is 3.60. The zero-order valence-electron chi connectivity index (χ0n) is 10.4. The van der Waals surface area contributed by atoms with Gasteiger partial charge >= 0.3 is 6.03 Å². The number of non-ortho nitro benzene ring substituents is 1. The molecule has 3 amide bonds. The Hall–Kier alpha value is -3.08. The SMILES string of the molecule is C#CCNC(=O)CNC(=O)Nc1cccc([N+](=O)[O-])c1. The van der Waals surface area contributed by atoms with Crippen molar-refractivity contribution in [2.75, 3.05) is 18.4 Å². The molecule has 3 N–H and O–H groups in total. The molecule has 0 aliphatic rings.